The van der Waals surface area contributed by atoms with E-state index in [0.29, 0.717) is 0 Å². The number of benzene rings is 2. The molecule has 0 radical (unpaired) electrons. The van der Waals surface area contributed by atoms with Gasteiger partial charge in [-0.2, -0.15) is 0 Å². The summed E-state index contributed by atoms with van der Waals surface area (Å²) in [6, 6.07) is 17.7. The first-order chi connectivity index (χ1) is 7.40. The van der Waals surface area contributed by atoms with Gasteiger partial charge in [0.15, 0.2) is 0 Å². The maximum Gasteiger partial charge on any atom is 0.0473 e. The standard InChI is InChI=1S/C13H12N2/c14-10-11-6-4-5-9-13(11)15-12-7-2-1-3-8-12/h1-10,14-15H. The first-order valence-corrected chi connectivity index (χ1v) is 4.82. The van der Waals surface area contributed by atoms with Crippen molar-refractivity contribution in [2.45, 2.75) is 0 Å². The van der Waals surface area contributed by atoms with E-state index in [4.69, 9.17) is 5.41 Å². The van der Waals surface area contributed by atoms with Gasteiger partial charge in [0.1, 0.15) is 0 Å². The highest BCUT2D eigenvalue weighted by Gasteiger charge is 1.97. The molecule has 0 unspecified atom stereocenters. The van der Waals surface area contributed by atoms with Gasteiger partial charge in [-0.3, -0.25) is 0 Å². The van der Waals surface area contributed by atoms with Gasteiger partial charge in [-0.25, -0.2) is 0 Å². The zero-order chi connectivity index (χ0) is 10.5. The smallest absolute Gasteiger partial charge is 0.0473 e. The van der Waals surface area contributed by atoms with E-state index >= 15 is 0 Å². The van der Waals surface area contributed by atoms with Gasteiger partial charge in [-0.15, -0.1) is 0 Å². The monoisotopic (exact) mass is 196 g/mol. The van der Waals surface area contributed by atoms with E-state index in [9.17, 15) is 0 Å². The normalized spacial score (nSPS) is 9.60. The molecule has 0 saturated carbocycles. The second-order valence-corrected chi connectivity index (χ2v) is 3.22. The molecule has 0 aromatic heterocycles. The fourth-order valence-electron chi connectivity index (χ4n) is 1.41. The van der Waals surface area contributed by atoms with E-state index in [-0.39, 0.29) is 0 Å². The van der Waals surface area contributed by atoms with E-state index in [0.717, 1.165) is 16.9 Å². The highest BCUT2D eigenvalue weighted by atomic mass is 14.9. The van der Waals surface area contributed by atoms with E-state index in [1.165, 1.54) is 6.21 Å². The second kappa shape index (κ2) is 4.42. The molecule has 2 nitrogen and oxygen atoms in total. The van der Waals surface area contributed by atoms with Gasteiger partial charge in [0, 0.05) is 23.2 Å². The van der Waals surface area contributed by atoms with Gasteiger partial charge in [-0.1, -0.05) is 36.4 Å². The molecule has 15 heavy (non-hydrogen) atoms. The third-order valence-corrected chi connectivity index (χ3v) is 2.17. The Morgan fingerprint density at radius 3 is 2.27 bits per heavy atom. The first-order valence-electron chi connectivity index (χ1n) is 4.82. The quantitative estimate of drug-likeness (QED) is 0.725. The van der Waals surface area contributed by atoms with Crippen LogP contribution in [0.15, 0.2) is 54.6 Å². The Morgan fingerprint density at radius 1 is 0.867 bits per heavy atom. The number of hydrogen-bond donors (Lipinski definition) is 2. The summed E-state index contributed by atoms with van der Waals surface area (Å²) < 4.78 is 0. The minimum Gasteiger partial charge on any atom is -0.355 e. The summed E-state index contributed by atoms with van der Waals surface area (Å²) in [4.78, 5) is 0. The third kappa shape index (κ3) is 2.23. The SMILES string of the molecule is N=Cc1ccccc1Nc1ccccc1. The van der Waals surface area contributed by atoms with Gasteiger partial charge >= 0.3 is 0 Å². The molecule has 0 heterocycles. The third-order valence-electron chi connectivity index (χ3n) is 2.17. The summed E-state index contributed by atoms with van der Waals surface area (Å²) in [5, 5.41) is 10.6. The average Bonchev–Trinajstić information content (AvgIpc) is 2.31. The predicted molar refractivity (Wildman–Crippen MR) is 64.1 cm³/mol. The van der Waals surface area contributed by atoms with Gasteiger partial charge in [-0.05, 0) is 18.2 Å². The topological polar surface area (TPSA) is 35.9 Å². The zero-order valence-corrected chi connectivity index (χ0v) is 8.27. The molecular formula is C13H12N2. The van der Waals surface area contributed by atoms with Crippen molar-refractivity contribution < 1.29 is 0 Å². The van der Waals surface area contributed by atoms with E-state index in [1.54, 1.807) is 0 Å². The Kier molecular flexibility index (Phi) is 2.79. The Bertz CT molecular complexity index is 449. The summed E-state index contributed by atoms with van der Waals surface area (Å²) in [6.45, 7) is 0. The molecule has 0 saturated heterocycles. The van der Waals surface area contributed by atoms with Crippen LogP contribution in [0.3, 0.4) is 0 Å². The predicted octanol–water partition coefficient (Wildman–Crippen LogP) is 3.43. The van der Waals surface area contributed by atoms with Crippen LogP contribution in [0.4, 0.5) is 11.4 Å². The number of nitrogens with one attached hydrogen (secondary N) is 2. The molecule has 2 aromatic carbocycles. The van der Waals surface area contributed by atoms with Crippen LogP contribution in [0, 0.1) is 5.41 Å². The van der Waals surface area contributed by atoms with E-state index < -0.39 is 0 Å². The fraction of sp³-hybridized carbons (Fsp3) is 0. The van der Waals surface area contributed by atoms with Gasteiger partial charge in [0.05, 0.1) is 0 Å². The van der Waals surface area contributed by atoms with Crippen molar-refractivity contribution in [1.29, 1.82) is 5.41 Å². The maximum atomic E-state index is 7.29. The second-order valence-electron chi connectivity index (χ2n) is 3.22. The summed E-state index contributed by atoms with van der Waals surface area (Å²) >= 11 is 0. The van der Waals surface area contributed by atoms with Gasteiger partial charge in [0.25, 0.3) is 0 Å². The van der Waals surface area contributed by atoms with Crippen molar-refractivity contribution >= 4 is 17.6 Å². The Hall–Kier alpha value is -2.09. The Morgan fingerprint density at radius 2 is 1.53 bits per heavy atom. The number of anilines is 2. The van der Waals surface area contributed by atoms with Crippen LogP contribution >= 0.6 is 0 Å². The minimum atomic E-state index is 0.890. The van der Waals surface area contributed by atoms with Crippen molar-refractivity contribution in [2.75, 3.05) is 5.32 Å². The summed E-state index contributed by atoms with van der Waals surface area (Å²) in [5.74, 6) is 0. The first kappa shape index (κ1) is 9.46. The van der Waals surface area contributed by atoms with Crippen molar-refractivity contribution in [3.8, 4) is 0 Å². The van der Waals surface area contributed by atoms with Crippen LogP contribution in [-0.2, 0) is 0 Å². The fourth-order valence-corrected chi connectivity index (χ4v) is 1.41. The molecule has 2 N–H and O–H groups in total. The van der Waals surface area contributed by atoms with Gasteiger partial charge in [0.2, 0.25) is 0 Å². The molecule has 0 amide bonds. The molecule has 0 aliphatic heterocycles. The molecule has 2 rings (SSSR count). The minimum absolute atomic E-state index is 0.890. The van der Waals surface area contributed by atoms with Crippen molar-refractivity contribution in [3.05, 3.63) is 60.2 Å². The maximum absolute atomic E-state index is 7.29. The van der Waals surface area contributed by atoms with Crippen LogP contribution in [0.2, 0.25) is 0 Å². The Labute approximate surface area is 89.1 Å². The van der Waals surface area contributed by atoms with Crippen LogP contribution in [0.5, 0.6) is 0 Å². The lowest BCUT2D eigenvalue weighted by molar-refractivity contribution is 1.50. The van der Waals surface area contributed by atoms with Gasteiger partial charge < -0.3 is 10.7 Å². The Balaban J connectivity index is 2.28. The summed E-state index contributed by atoms with van der Waals surface area (Å²) in [7, 11) is 0. The lowest BCUT2D eigenvalue weighted by Crippen LogP contribution is -1.94. The zero-order valence-electron chi connectivity index (χ0n) is 8.27. The molecule has 2 aromatic rings. The molecular weight excluding hydrogens is 184 g/mol. The van der Waals surface area contributed by atoms with Crippen LogP contribution in [-0.4, -0.2) is 6.21 Å². The summed E-state index contributed by atoms with van der Waals surface area (Å²) in [6.07, 6.45) is 1.35. The molecule has 0 atom stereocenters. The number of rotatable bonds is 3. The number of para-hydroxylation sites is 2. The molecule has 74 valence electrons. The molecule has 0 spiro atoms. The molecule has 0 bridgehead atoms. The van der Waals surface area contributed by atoms with Crippen LogP contribution in [0.1, 0.15) is 5.56 Å². The van der Waals surface area contributed by atoms with Crippen molar-refractivity contribution in [1.82, 2.24) is 0 Å². The molecule has 0 aliphatic rings. The van der Waals surface area contributed by atoms with E-state index in [1.807, 2.05) is 54.6 Å². The lowest BCUT2D eigenvalue weighted by Gasteiger charge is -2.08. The van der Waals surface area contributed by atoms with Crippen molar-refractivity contribution in [2.24, 2.45) is 0 Å². The summed E-state index contributed by atoms with van der Waals surface area (Å²) in [5.41, 5.74) is 2.88. The van der Waals surface area contributed by atoms with Crippen molar-refractivity contribution in [3.63, 3.8) is 0 Å². The largest absolute Gasteiger partial charge is 0.355 e. The average molecular weight is 196 g/mol. The highest BCUT2D eigenvalue weighted by Crippen LogP contribution is 2.18. The number of hydrogen-bond acceptors (Lipinski definition) is 2. The molecule has 2 heteroatoms. The van der Waals surface area contributed by atoms with Crippen LogP contribution in [0.25, 0.3) is 0 Å². The lowest BCUT2D eigenvalue weighted by atomic mass is 10.2. The molecule has 0 fully saturated rings. The highest BCUT2D eigenvalue weighted by molar-refractivity contribution is 5.87. The van der Waals surface area contributed by atoms with Crippen LogP contribution < -0.4 is 5.32 Å². The van der Waals surface area contributed by atoms with E-state index in [2.05, 4.69) is 5.32 Å². The molecule has 0 aliphatic carbocycles.